The molecule has 0 radical (unpaired) electrons. The van der Waals surface area contributed by atoms with E-state index in [1.807, 2.05) is 12.2 Å². The zero-order chi connectivity index (χ0) is 24.3. The monoisotopic (exact) mass is 495 g/mol. The van der Waals surface area contributed by atoms with Gasteiger partial charge in [-0.05, 0) is 51.4 Å². The number of rotatable bonds is 4. The second kappa shape index (κ2) is 10.3. The van der Waals surface area contributed by atoms with Crippen molar-refractivity contribution < 1.29 is 22.8 Å². The Hall–Kier alpha value is -1.98. The van der Waals surface area contributed by atoms with Gasteiger partial charge in [0.2, 0.25) is 11.8 Å². The molecule has 4 atom stereocenters. The third-order valence-electron chi connectivity index (χ3n) is 7.58. The van der Waals surface area contributed by atoms with E-state index in [9.17, 15) is 22.8 Å². The molecule has 11 heteroatoms. The number of amides is 3. The first kappa shape index (κ1) is 25.1. The Kier molecular flexibility index (Phi) is 7.63. The van der Waals surface area contributed by atoms with Gasteiger partial charge in [0.05, 0.1) is 6.04 Å². The van der Waals surface area contributed by atoms with Crippen LogP contribution in [0.1, 0.15) is 77.0 Å². The molecule has 4 rings (SSSR count). The van der Waals surface area contributed by atoms with Crippen molar-refractivity contribution in [2.45, 2.75) is 101 Å². The summed E-state index contributed by atoms with van der Waals surface area (Å²) in [5, 5.41) is 2.83. The highest BCUT2D eigenvalue weighted by atomic mass is 32.2. The summed E-state index contributed by atoms with van der Waals surface area (Å²) in [7, 11) is -4.05. The highest BCUT2D eigenvalue weighted by Gasteiger charge is 2.61. The number of hydrogen-bond donors (Lipinski definition) is 4. The number of nitrogens with one attached hydrogen (secondary N) is 3. The summed E-state index contributed by atoms with van der Waals surface area (Å²) in [6.45, 7) is 0.451. The second-order valence-electron chi connectivity index (χ2n) is 10.2. The van der Waals surface area contributed by atoms with Crippen LogP contribution >= 0.6 is 0 Å². The molecular formula is C23H37N5O5S. The maximum Gasteiger partial charge on any atom is 0.301 e. The predicted molar refractivity (Wildman–Crippen MR) is 126 cm³/mol. The van der Waals surface area contributed by atoms with E-state index in [1.54, 1.807) is 0 Å². The van der Waals surface area contributed by atoms with Crippen molar-refractivity contribution in [3.05, 3.63) is 12.2 Å². The summed E-state index contributed by atoms with van der Waals surface area (Å²) in [5.74, 6) is -1.70. The van der Waals surface area contributed by atoms with Crippen molar-refractivity contribution in [1.29, 1.82) is 0 Å². The van der Waals surface area contributed by atoms with Crippen LogP contribution in [0.3, 0.4) is 0 Å². The second-order valence-corrected chi connectivity index (χ2v) is 11.6. The molecule has 0 unspecified atom stereocenters. The van der Waals surface area contributed by atoms with Gasteiger partial charge in [0, 0.05) is 18.5 Å². The molecule has 3 fully saturated rings. The van der Waals surface area contributed by atoms with Crippen molar-refractivity contribution in [3.63, 3.8) is 0 Å². The largest absolute Gasteiger partial charge is 0.339 e. The number of carbonyl (C=O) groups is 3. The minimum atomic E-state index is -4.05. The molecule has 10 nitrogen and oxygen atoms in total. The van der Waals surface area contributed by atoms with Gasteiger partial charge in [-0.3, -0.25) is 14.4 Å². The summed E-state index contributed by atoms with van der Waals surface area (Å²) in [6, 6.07) is -1.53. The first-order valence-electron chi connectivity index (χ1n) is 12.6. The van der Waals surface area contributed by atoms with Gasteiger partial charge in [-0.1, -0.05) is 37.8 Å². The highest BCUT2D eigenvalue weighted by Crippen LogP contribution is 2.45. The van der Waals surface area contributed by atoms with Gasteiger partial charge < -0.3 is 16.0 Å². The molecule has 0 aromatic carbocycles. The van der Waals surface area contributed by atoms with E-state index in [0.717, 1.165) is 51.4 Å². The normalized spacial score (nSPS) is 34.4. The number of fused-ring (bicyclic) bond motifs is 2. The number of nitrogens with zero attached hydrogens (tertiary/aromatic N) is 1. The number of hydrogen-bond acceptors (Lipinski definition) is 6. The minimum absolute atomic E-state index is 0.178. The standard InChI is InChI=1S/C23H37N5O5S/c24-18-12-5-3-1-2-4-9-16-15-23(16,25-20(29)19-13-8-14-28(19)21(18)30)22(31)27-34(32,33)26-17-10-6-7-11-17/h4,9,16-19,26H,1-3,5-8,10-15,24H2,(H,25,29)(H,27,31)/b9-4-/t16-,18+,19+,23-/m1/s1. The predicted octanol–water partition coefficient (Wildman–Crippen LogP) is 0.593. The van der Waals surface area contributed by atoms with Crippen LogP contribution in [-0.2, 0) is 24.6 Å². The first-order chi connectivity index (χ1) is 16.2. The maximum absolute atomic E-state index is 13.3. The molecule has 0 spiro atoms. The van der Waals surface area contributed by atoms with E-state index < -0.39 is 39.6 Å². The summed E-state index contributed by atoms with van der Waals surface area (Å²) in [5.41, 5.74) is 4.80. The molecule has 2 aliphatic heterocycles. The molecule has 5 N–H and O–H groups in total. The Bertz CT molecular complexity index is 932. The summed E-state index contributed by atoms with van der Waals surface area (Å²) >= 11 is 0. The van der Waals surface area contributed by atoms with Crippen molar-refractivity contribution >= 4 is 27.9 Å². The van der Waals surface area contributed by atoms with E-state index in [0.29, 0.717) is 32.2 Å². The molecule has 2 aliphatic carbocycles. The third kappa shape index (κ3) is 5.63. The Balaban J connectivity index is 1.52. The number of carbonyl (C=O) groups excluding carboxylic acids is 3. The van der Waals surface area contributed by atoms with Crippen LogP contribution in [0.2, 0.25) is 0 Å². The number of allylic oxidation sites excluding steroid dienone is 1. The van der Waals surface area contributed by atoms with Crippen LogP contribution in [0.25, 0.3) is 0 Å². The van der Waals surface area contributed by atoms with Gasteiger partial charge >= 0.3 is 10.2 Å². The Morgan fingerprint density at radius 1 is 1.06 bits per heavy atom. The molecule has 1 saturated heterocycles. The molecule has 190 valence electrons. The molecule has 0 bridgehead atoms. The van der Waals surface area contributed by atoms with E-state index in [2.05, 4.69) is 14.8 Å². The lowest BCUT2D eigenvalue weighted by atomic mass is 10.1. The molecule has 0 aromatic rings. The van der Waals surface area contributed by atoms with Crippen LogP contribution in [0.5, 0.6) is 0 Å². The van der Waals surface area contributed by atoms with E-state index in [4.69, 9.17) is 5.73 Å². The molecule has 0 aromatic heterocycles. The maximum atomic E-state index is 13.3. The van der Waals surface area contributed by atoms with Gasteiger partial charge in [0.1, 0.15) is 11.6 Å². The fraction of sp³-hybridized carbons (Fsp3) is 0.783. The number of nitrogens with two attached hydrogens (primary N) is 1. The summed E-state index contributed by atoms with van der Waals surface area (Å²) < 4.78 is 29.9. The molecule has 2 heterocycles. The zero-order valence-electron chi connectivity index (χ0n) is 19.6. The Morgan fingerprint density at radius 3 is 2.56 bits per heavy atom. The van der Waals surface area contributed by atoms with Gasteiger partial charge in [-0.15, -0.1) is 0 Å². The average Bonchev–Trinajstić information content (AvgIpc) is 3.14. The van der Waals surface area contributed by atoms with Crippen molar-refractivity contribution in [1.82, 2.24) is 19.7 Å². The molecular weight excluding hydrogens is 458 g/mol. The molecule has 3 amide bonds. The third-order valence-corrected chi connectivity index (χ3v) is 8.68. The van der Waals surface area contributed by atoms with Gasteiger partial charge in [0.15, 0.2) is 0 Å². The van der Waals surface area contributed by atoms with Crippen molar-refractivity contribution in [2.24, 2.45) is 11.7 Å². The fourth-order valence-electron chi connectivity index (χ4n) is 5.49. The van der Waals surface area contributed by atoms with Gasteiger partial charge in [-0.25, -0.2) is 4.72 Å². The van der Waals surface area contributed by atoms with Crippen LogP contribution in [0.4, 0.5) is 0 Å². The highest BCUT2D eigenvalue weighted by molar-refractivity contribution is 7.88. The Labute approximate surface area is 201 Å². The van der Waals surface area contributed by atoms with E-state index in [-0.39, 0.29) is 17.9 Å². The van der Waals surface area contributed by atoms with Gasteiger partial charge in [-0.2, -0.15) is 13.1 Å². The van der Waals surface area contributed by atoms with Crippen LogP contribution in [0.15, 0.2) is 12.2 Å². The Morgan fingerprint density at radius 2 is 1.79 bits per heavy atom. The lowest BCUT2D eigenvalue weighted by molar-refractivity contribution is -0.140. The van der Waals surface area contributed by atoms with Crippen molar-refractivity contribution in [3.8, 4) is 0 Å². The lowest BCUT2D eigenvalue weighted by Crippen LogP contribution is -2.58. The molecule has 4 aliphatic rings. The summed E-state index contributed by atoms with van der Waals surface area (Å²) in [6.07, 6.45) is 12.9. The van der Waals surface area contributed by atoms with Crippen LogP contribution in [-0.4, -0.2) is 61.2 Å². The fourth-order valence-corrected chi connectivity index (χ4v) is 6.65. The quantitative estimate of drug-likeness (QED) is 0.419. The topological polar surface area (TPSA) is 151 Å². The van der Waals surface area contributed by atoms with Gasteiger partial charge in [0.25, 0.3) is 5.91 Å². The molecule has 34 heavy (non-hydrogen) atoms. The SMILES string of the molecule is N[C@H]1CCCCC/C=C\[C@@H]2C[C@@]2(C(=O)NS(=O)(=O)NC2CCCC2)NC(=O)[C@@H]2CCCN2C1=O. The minimum Gasteiger partial charge on any atom is -0.339 e. The van der Waals surface area contributed by atoms with Crippen molar-refractivity contribution in [2.75, 3.05) is 6.54 Å². The smallest absolute Gasteiger partial charge is 0.301 e. The zero-order valence-corrected chi connectivity index (χ0v) is 20.4. The summed E-state index contributed by atoms with van der Waals surface area (Å²) in [4.78, 5) is 40.9. The van der Waals surface area contributed by atoms with Crippen LogP contribution in [0, 0.1) is 5.92 Å². The molecule has 2 saturated carbocycles. The average molecular weight is 496 g/mol. The van der Waals surface area contributed by atoms with E-state index >= 15 is 0 Å². The van der Waals surface area contributed by atoms with E-state index in [1.165, 1.54) is 4.90 Å². The van der Waals surface area contributed by atoms with Crippen LogP contribution < -0.4 is 20.5 Å². The first-order valence-corrected chi connectivity index (χ1v) is 14.1. The lowest BCUT2D eigenvalue weighted by Gasteiger charge is -2.28.